The number of carbonyl (C=O) groups is 1. The minimum absolute atomic E-state index is 0.0545. The van der Waals surface area contributed by atoms with E-state index in [1.807, 2.05) is 31.2 Å². The highest BCUT2D eigenvalue weighted by molar-refractivity contribution is 7.99. The van der Waals surface area contributed by atoms with Crippen LogP contribution in [-0.2, 0) is 20.4 Å². The van der Waals surface area contributed by atoms with Crippen LogP contribution in [0.25, 0.3) is 0 Å². The maximum absolute atomic E-state index is 12.2. The van der Waals surface area contributed by atoms with Crippen LogP contribution in [0.3, 0.4) is 0 Å². The van der Waals surface area contributed by atoms with E-state index in [2.05, 4.69) is 5.32 Å². The van der Waals surface area contributed by atoms with Crippen molar-refractivity contribution in [2.75, 3.05) is 12.0 Å². The van der Waals surface area contributed by atoms with Gasteiger partial charge in [0.15, 0.2) is 9.84 Å². The van der Waals surface area contributed by atoms with Gasteiger partial charge < -0.3 is 5.32 Å². The number of thioether (sulfide) groups is 1. The van der Waals surface area contributed by atoms with Gasteiger partial charge in [0.25, 0.3) is 0 Å². The van der Waals surface area contributed by atoms with Gasteiger partial charge in [0.2, 0.25) is 5.91 Å². The minimum atomic E-state index is -3.22. The van der Waals surface area contributed by atoms with Gasteiger partial charge in [-0.3, -0.25) is 4.79 Å². The van der Waals surface area contributed by atoms with Crippen LogP contribution in [0.1, 0.15) is 30.5 Å². The first kappa shape index (κ1) is 20.8. The monoisotopic (exact) mass is 411 g/mol. The lowest BCUT2D eigenvalue weighted by molar-refractivity contribution is -0.119. The smallest absolute Gasteiger partial charge is 0.230 e. The van der Waals surface area contributed by atoms with E-state index in [1.165, 1.54) is 18.0 Å². The van der Waals surface area contributed by atoms with Crippen LogP contribution in [0.15, 0.2) is 53.4 Å². The second-order valence-corrected chi connectivity index (χ2v) is 9.36. The predicted octanol–water partition coefficient (Wildman–Crippen LogP) is 4.24. The molecule has 0 aromatic heterocycles. The van der Waals surface area contributed by atoms with E-state index in [0.717, 1.165) is 17.5 Å². The van der Waals surface area contributed by atoms with Gasteiger partial charge in [-0.15, -0.1) is 11.8 Å². The van der Waals surface area contributed by atoms with Crippen LogP contribution in [0.4, 0.5) is 0 Å². The molecule has 2 rings (SSSR count). The molecule has 2 aromatic carbocycles. The van der Waals surface area contributed by atoms with Crippen molar-refractivity contribution in [1.82, 2.24) is 5.32 Å². The SMILES string of the molecule is CCC(NC(=O)CSCc1ccccc1Cl)c1ccc(S(C)(=O)=O)cc1. The van der Waals surface area contributed by atoms with Crippen LogP contribution in [-0.4, -0.2) is 26.3 Å². The molecule has 0 radical (unpaired) electrons. The standard InChI is InChI=1S/C19H22ClNO3S2/c1-3-18(14-8-10-16(11-9-14)26(2,23)24)21-19(22)13-25-12-15-6-4-5-7-17(15)20/h4-11,18H,3,12-13H2,1-2H3,(H,21,22). The third kappa shape index (κ3) is 6.04. The Morgan fingerprint density at radius 2 is 1.81 bits per heavy atom. The molecule has 7 heteroatoms. The van der Waals surface area contributed by atoms with E-state index >= 15 is 0 Å². The highest BCUT2D eigenvalue weighted by Crippen LogP contribution is 2.22. The second-order valence-electron chi connectivity index (χ2n) is 5.95. The van der Waals surface area contributed by atoms with E-state index in [9.17, 15) is 13.2 Å². The summed E-state index contributed by atoms with van der Waals surface area (Å²) < 4.78 is 23.1. The third-order valence-electron chi connectivity index (χ3n) is 3.90. The van der Waals surface area contributed by atoms with Gasteiger partial charge in [-0.1, -0.05) is 48.9 Å². The zero-order chi connectivity index (χ0) is 19.2. The summed E-state index contributed by atoms with van der Waals surface area (Å²) in [6, 6.07) is 14.1. The highest BCUT2D eigenvalue weighted by Gasteiger charge is 2.14. The zero-order valence-electron chi connectivity index (χ0n) is 14.7. The lowest BCUT2D eigenvalue weighted by Gasteiger charge is -2.18. The van der Waals surface area contributed by atoms with Crippen molar-refractivity contribution in [3.05, 3.63) is 64.7 Å². The molecular formula is C19H22ClNO3S2. The molecule has 1 N–H and O–H groups in total. The fourth-order valence-electron chi connectivity index (χ4n) is 2.47. The maximum atomic E-state index is 12.2. The molecule has 0 aliphatic carbocycles. The molecular weight excluding hydrogens is 390 g/mol. The Labute approximate surface area is 164 Å². The van der Waals surface area contributed by atoms with E-state index in [4.69, 9.17) is 11.6 Å². The lowest BCUT2D eigenvalue weighted by atomic mass is 10.0. The Kier molecular flexibility index (Phi) is 7.55. The molecule has 0 saturated carbocycles. The van der Waals surface area contributed by atoms with E-state index in [1.54, 1.807) is 24.3 Å². The fourth-order valence-corrected chi connectivity index (χ4v) is 4.23. The molecule has 0 heterocycles. The molecule has 0 aliphatic rings. The number of sulfone groups is 1. The largest absolute Gasteiger partial charge is 0.349 e. The van der Waals surface area contributed by atoms with Crippen molar-refractivity contribution in [2.24, 2.45) is 0 Å². The summed E-state index contributed by atoms with van der Waals surface area (Å²) >= 11 is 7.62. The van der Waals surface area contributed by atoms with Crippen molar-refractivity contribution in [3.63, 3.8) is 0 Å². The minimum Gasteiger partial charge on any atom is -0.349 e. The molecule has 0 saturated heterocycles. The number of hydrogen-bond acceptors (Lipinski definition) is 4. The molecule has 0 spiro atoms. The number of benzene rings is 2. The Morgan fingerprint density at radius 1 is 1.15 bits per heavy atom. The summed E-state index contributed by atoms with van der Waals surface area (Å²) in [5, 5.41) is 3.71. The van der Waals surface area contributed by atoms with Gasteiger partial charge in [-0.05, 0) is 35.7 Å². The van der Waals surface area contributed by atoms with Crippen LogP contribution >= 0.6 is 23.4 Å². The number of halogens is 1. The van der Waals surface area contributed by atoms with Crippen LogP contribution in [0.5, 0.6) is 0 Å². The number of rotatable bonds is 8. The topological polar surface area (TPSA) is 63.2 Å². The van der Waals surface area contributed by atoms with Gasteiger partial charge in [-0.25, -0.2) is 8.42 Å². The summed E-state index contributed by atoms with van der Waals surface area (Å²) in [5.41, 5.74) is 1.90. The fraction of sp³-hybridized carbons (Fsp3) is 0.316. The van der Waals surface area contributed by atoms with Gasteiger partial charge in [-0.2, -0.15) is 0 Å². The summed E-state index contributed by atoms with van der Waals surface area (Å²) in [4.78, 5) is 12.5. The molecule has 1 unspecified atom stereocenters. The van der Waals surface area contributed by atoms with E-state index < -0.39 is 9.84 Å². The highest BCUT2D eigenvalue weighted by atomic mass is 35.5. The van der Waals surface area contributed by atoms with Gasteiger partial charge in [0.05, 0.1) is 16.7 Å². The zero-order valence-corrected chi connectivity index (χ0v) is 17.1. The molecule has 140 valence electrons. The predicted molar refractivity (Wildman–Crippen MR) is 108 cm³/mol. The average Bonchev–Trinajstić information content (AvgIpc) is 2.61. The Hall–Kier alpha value is -1.50. The quantitative estimate of drug-likeness (QED) is 0.705. The molecule has 0 fully saturated rings. The van der Waals surface area contributed by atoms with Crippen LogP contribution < -0.4 is 5.32 Å². The Morgan fingerprint density at radius 3 is 2.38 bits per heavy atom. The van der Waals surface area contributed by atoms with Gasteiger partial charge in [0.1, 0.15) is 0 Å². The maximum Gasteiger partial charge on any atom is 0.230 e. The van der Waals surface area contributed by atoms with Crippen molar-refractivity contribution in [2.45, 2.75) is 30.0 Å². The molecule has 1 amide bonds. The van der Waals surface area contributed by atoms with Crippen molar-refractivity contribution in [1.29, 1.82) is 0 Å². The van der Waals surface area contributed by atoms with Gasteiger partial charge in [0, 0.05) is 17.0 Å². The van der Waals surface area contributed by atoms with E-state index in [0.29, 0.717) is 16.5 Å². The van der Waals surface area contributed by atoms with Crippen molar-refractivity contribution >= 4 is 39.1 Å². The first-order chi connectivity index (χ1) is 12.3. The Bertz CT molecular complexity index is 851. The molecule has 1 atom stereocenters. The third-order valence-corrected chi connectivity index (χ3v) is 6.38. The van der Waals surface area contributed by atoms with Gasteiger partial charge >= 0.3 is 0 Å². The normalized spacial score (nSPS) is 12.6. The molecule has 0 aliphatic heterocycles. The molecule has 26 heavy (non-hydrogen) atoms. The first-order valence-corrected chi connectivity index (χ1v) is 11.6. The van der Waals surface area contributed by atoms with Crippen LogP contribution in [0.2, 0.25) is 5.02 Å². The number of amides is 1. The average molecular weight is 412 g/mol. The summed E-state index contributed by atoms with van der Waals surface area (Å²) in [5.74, 6) is 0.955. The first-order valence-electron chi connectivity index (χ1n) is 8.21. The molecule has 2 aromatic rings. The summed E-state index contributed by atoms with van der Waals surface area (Å²) in [6.07, 6.45) is 1.90. The second kappa shape index (κ2) is 9.44. The van der Waals surface area contributed by atoms with Crippen molar-refractivity contribution in [3.8, 4) is 0 Å². The lowest BCUT2D eigenvalue weighted by Crippen LogP contribution is -2.29. The van der Waals surface area contributed by atoms with E-state index in [-0.39, 0.29) is 16.8 Å². The number of hydrogen-bond donors (Lipinski definition) is 1. The van der Waals surface area contributed by atoms with Crippen LogP contribution in [0, 0.1) is 0 Å². The molecule has 4 nitrogen and oxygen atoms in total. The summed E-state index contributed by atoms with van der Waals surface area (Å²) in [7, 11) is -3.22. The number of nitrogens with one attached hydrogen (secondary N) is 1. The number of carbonyl (C=O) groups excluding carboxylic acids is 1. The summed E-state index contributed by atoms with van der Waals surface area (Å²) in [6.45, 7) is 1.98. The molecule has 0 bridgehead atoms. The Balaban J connectivity index is 1.90. The van der Waals surface area contributed by atoms with Crippen molar-refractivity contribution < 1.29 is 13.2 Å².